The quantitative estimate of drug-likeness (QED) is 0.281. The first-order chi connectivity index (χ1) is 19.0. The number of benzene rings is 3. The topological polar surface area (TPSA) is 103 Å². The van der Waals surface area contributed by atoms with Gasteiger partial charge in [0.25, 0.3) is 10.0 Å². The van der Waals surface area contributed by atoms with Crippen LogP contribution in [0.4, 0.5) is 5.69 Å². The minimum atomic E-state index is -4.31. The first-order valence-electron chi connectivity index (χ1n) is 12.6. The molecule has 3 rings (SSSR count). The Morgan fingerprint density at radius 1 is 0.850 bits per heavy atom. The van der Waals surface area contributed by atoms with Crippen molar-refractivity contribution in [2.75, 3.05) is 39.3 Å². The van der Waals surface area contributed by atoms with Crippen LogP contribution >= 0.6 is 11.6 Å². The molecule has 0 unspecified atom stereocenters. The lowest BCUT2D eigenvalue weighted by Crippen LogP contribution is -2.42. The Balaban J connectivity index is 2.04. The molecule has 9 nitrogen and oxygen atoms in total. The SMILES string of the molecule is COc1ccc([C@H](CC(C)C)NC(=O)CN(c2cc(Cl)ccc2OC)S(=O)(=O)c2ccc(OC)c(OC)c2)cc1. The minimum absolute atomic E-state index is 0.103. The van der Waals surface area contributed by atoms with Crippen molar-refractivity contribution in [3.05, 3.63) is 71.2 Å². The molecule has 0 saturated carbocycles. The average molecular weight is 591 g/mol. The summed E-state index contributed by atoms with van der Waals surface area (Å²) >= 11 is 6.26. The van der Waals surface area contributed by atoms with Gasteiger partial charge in [-0.15, -0.1) is 0 Å². The van der Waals surface area contributed by atoms with Crippen LogP contribution in [0.3, 0.4) is 0 Å². The van der Waals surface area contributed by atoms with Gasteiger partial charge in [-0.05, 0) is 60.4 Å². The predicted octanol–water partition coefficient (Wildman–Crippen LogP) is 5.47. The molecule has 0 radical (unpaired) electrons. The number of rotatable bonds is 13. The number of methoxy groups -OCH3 is 4. The molecule has 0 aliphatic rings. The summed E-state index contributed by atoms with van der Waals surface area (Å²) in [4.78, 5) is 13.4. The van der Waals surface area contributed by atoms with E-state index < -0.39 is 22.5 Å². The molecular formula is C29H35ClN2O7S. The van der Waals surface area contributed by atoms with Crippen molar-refractivity contribution in [3.63, 3.8) is 0 Å². The molecule has 1 atom stereocenters. The second-order valence-corrected chi connectivity index (χ2v) is 11.7. The van der Waals surface area contributed by atoms with E-state index in [1.807, 2.05) is 38.1 Å². The van der Waals surface area contributed by atoms with Gasteiger partial charge in [0.15, 0.2) is 11.5 Å². The smallest absolute Gasteiger partial charge is 0.265 e. The minimum Gasteiger partial charge on any atom is -0.497 e. The summed E-state index contributed by atoms with van der Waals surface area (Å²) in [5, 5.41) is 3.29. The molecule has 0 aromatic heterocycles. The summed E-state index contributed by atoms with van der Waals surface area (Å²) < 4.78 is 50.4. The Bertz CT molecular complexity index is 1410. The fourth-order valence-corrected chi connectivity index (χ4v) is 5.82. The molecule has 3 aromatic rings. The third-order valence-corrected chi connectivity index (χ3v) is 8.19. The van der Waals surface area contributed by atoms with E-state index in [0.717, 1.165) is 9.87 Å². The summed E-state index contributed by atoms with van der Waals surface area (Å²) in [6, 6.07) is 15.8. The number of halogens is 1. The second kappa shape index (κ2) is 13.6. The standard InChI is InChI=1S/C29H35ClN2O7S/c1-19(2)15-24(20-7-10-22(36-3)11-8-20)31-29(33)18-32(25-16-21(30)9-13-26(25)37-4)40(34,35)23-12-14-27(38-5)28(17-23)39-6/h7-14,16-17,19,24H,15,18H2,1-6H3,(H,31,33)/t24-/m0/s1. The van der Waals surface area contributed by atoms with Crippen LogP contribution in [0.25, 0.3) is 0 Å². The Morgan fingerprint density at radius 2 is 1.48 bits per heavy atom. The first-order valence-corrected chi connectivity index (χ1v) is 14.4. The van der Waals surface area contributed by atoms with Crippen molar-refractivity contribution in [1.82, 2.24) is 5.32 Å². The van der Waals surface area contributed by atoms with Gasteiger partial charge >= 0.3 is 0 Å². The van der Waals surface area contributed by atoms with Crippen molar-refractivity contribution in [1.29, 1.82) is 0 Å². The average Bonchev–Trinajstić information content (AvgIpc) is 2.94. The van der Waals surface area contributed by atoms with Gasteiger partial charge in [-0.1, -0.05) is 37.6 Å². The maximum Gasteiger partial charge on any atom is 0.265 e. The highest BCUT2D eigenvalue weighted by molar-refractivity contribution is 7.92. The van der Waals surface area contributed by atoms with Crippen molar-refractivity contribution in [2.45, 2.75) is 31.2 Å². The Labute approximate surface area is 241 Å². The van der Waals surface area contributed by atoms with E-state index in [1.165, 1.54) is 45.6 Å². The van der Waals surface area contributed by atoms with Gasteiger partial charge in [-0.2, -0.15) is 0 Å². The Morgan fingerprint density at radius 3 is 2.05 bits per heavy atom. The van der Waals surface area contributed by atoms with Crippen LogP contribution in [0.2, 0.25) is 5.02 Å². The van der Waals surface area contributed by atoms with Crippen molar-refractivity contribution in [3.8, 4) is 23.0 Å². The maximum atomic E-state index is 14.1. The van der Waals surface area contributed by atoms with Crippen LogP contribution in [-0.2, 0) is 14.8 Å². The lowest BCUT2D eigenvalue weighted by molar-refractivity contribution is -0.120. The summed E-state index contributed by atoms with van der Waals surface area (Å²) in [6.45, 7) is 3.57. The fraction of sp³-hybridized carbons (Fsp3) is 0.345. The lowest BCUT2D eigenvalue weighted by Gasteiger charge is -2.28. The van der Waals surface area contributed by atoms with Gasteiger partial charge in [0, 0.05) is 11.1 Å². The zero-order chi connectivity index (χ0) is 29.4. The number of anilines is 1. The highest BCUT2D eigenvalue weighted by Crippen LogP contribution is 2.37. The molecule has 216 valence electrons. The highest BCUT2D eigenvalue weighted by Gasteiger charge is 2.31. The third-order valence-electron chi connectivity index (χ3n) is 6.20. The number of carbonyl (C=O) groups excluding carboxylic acids is 1. The molecule has 1 N–H and O–H groups in total. The van der Waals surface area contributed by atoms with Gasteiger partial charge < -0.3 is 24.3 Å². The second-order valence-electron chi connectivity index (χ2n) is 9.37. The van der Waals surface area contributed by atoms with Crippen LogP contribution in [0.15, 0.2) is 65.6 Å². The normalized spacial score (nSPS) is 12.0. The molecule has 0 saturated heterocycles. The number of carbonyl (C=O) groups is 1. The monoisotopic (exact) mass is 590 g/mol. The third kappa shape index (κ3) is 7.31. The summed E-state index contributed by atoms with van der Waals surface area (Å²) in [6.07, 6.45) is 0.640. The van der Waals surface area contributed by atoms with Crippen LogP contribution in [0.1, 0.15) is 31.9 Å². The van der Waals surface area contributed by atoms with E-state index in [0.29, 0.717) is 17.9 Å². The van der Waals surface area contributed by atoms with E-state index in [9.17, 15) is 13.2 Å². The molecule has 0 spiro atoms. The number of sulfonamides is 1. The van der Waals surface area contributed by atoms with Gasteiger partial charge in [0.05, 0.1) is 45.1 Å². The zero-order valence-electron chi connectivity index (χ0n) is 23.4. The van der Waals surface area contributed by atoms with Gasteiger partial charge in [0.1, 0.15) is 18.0 Å². The molecule has 40 heavy (non-hydrogen) atoms. The zero-order valence-corrected chi connectivity index (χ0v) is 25.0. The number of nitrogens with zero attached hydrogens (tertiary/aromatic N) is 1. The van der Waals surface area contributed by atoms with Gasteiger partial charge in [-0.3, -0.25) is 9.10 Å². The molecular weight excluding hydrogens is 556 g/mol. The largest absolute Gasteiger partial charge is 0.497 e. The number of nitrogens with one attached hydrogen (secondary N) is 1. The Hall–Kier alpha value is -3.63. The van der Waals surface area contributed by atoms with Crippen LogP contribution in [0, 0.1) is 5.92 Å². The Kier molecular flexibility index (Phi) is 10.5. The molecule has 0 aliphatic carbocycles. The summed E-state index contributed by atoms with van der Waals surface area (Å²) in [5.74, 6) is 1.26. The molecule has 0 fully saturated rings. The number of amides is 1. The van der Waals surface area contributed by atoms with E-state index >= 15 is 0 Å². The fourth-order valence-electron chi connectivity index (χ4n) is 4.22. The van der Waals surface area contributed by atoms with E-state index in [-0.39, 0.29) is 39.1 Å². The van der Waals surface area contributed by atoms with Gasteiger partial charge in [0.2, 0.25) is 5.91 Å². The van der Waals surface area contributed by atoms with Crippen molar-refractivity contribution in [2.24, 2.45) is 5.92 Å². The van der Waals surface area contributed by atoms with Crippen molar-refractivity contribution < 1.29 is 32.2 Å². The molecule has 0 heterocycles. The summed E-state index contributed by atoms with van der Waals surface area (Å²) in [5.41, 5.74) is 0.988. The molecule has 11 heteroatoms. The molecule has 0 bridgehead atoms. The maximum absolute atomic E-state index is 14.1. The molecule has 0 aliphatic heterocycles. The molecule has 1 amide bonds. The van der Waals surface area contributed by atoms with E-state index in [1.54, 1.807) is 19.2 Å². The van der Waals surface area contributed by atoms with Crippen LogP contribution in [-0.4, -0.2) is 49.3 Å². The highest BCUT2D eigenvalue weighted by atomic mass is 35.5. The van der Waals surface area contributed by atoms with E-state index in [2.05, 4.69) is 5.32 Å². The van der Waals surface area contributed by atoms with Crippen LogP contribution < -0.4 is 28.6 Å². The number of hydrogen-bond acceptors (Lipinski definition) is 7. The lowest BCUT2D eigenvalue weighted by atomic mass is 9.97. The van der Waals surface area contributed by atoms with Gasteiger partial charge in [-0.25, -0.2) is 8.42 Å². The van der Waals surface area contributed by atoms with Crippen LogP contribution in [0.5, 0.6) is 23.0 Å². The van der Waals surface area contributed by atoms with Crippen molar-refractivity contribution >= 4 is 33.2 Å². The first kappa shape index (κ1) is 30.9. The molecule has 3 aromatic carbocycles. The number of ether oxygens (including phenoxy) is 4. The number of hydrogen-bond donors (Lipinski definition) is 1. The van der Waals surface area contributed by atoms with E-state index in [4.69, 9.17) is 30.5 Å². The predicted molar refractivity (Wildman–Crippen MR) is 155 cm³/mol. The summed E-state index contributed by atoms with van der Waals surface area (Å²) in [7, 11) is 1.55.